The molecule has 0 saturated heterocycles. The molecule has 1 heterocycles. The third-order valence-electron chi connectivity index (χ3n) is 2.73. The summed E-state index contributed by atoms with van der Waals surface area (Å²) in [5, 5.41) is 2.82. The van der Waals surface area contributed by atoms with Gasteiger partial charge < -0.3 is 10.1 Å². The Bertz CT molecular complexity index is 340. The van der Waals surface area contributed by atoms with E-state index < -0.39 is 12.5 Å². The second-order valence-corrected chi connectivity index (χ2v) is 3.62. The summed E-state index contributed by atoms with van der Waals surface area (Å²) in [5.41, 5.74) is 1.95. The molecule has 2 nitrogen and oxygen atoms in total. The summed E-state index contributed by atoms with van der Waals surface area (Å²) in [6, 6.07) is 4.87. The van der Waals surface area contributed by atoms with Crippen LogP contribution in [0.4, 0.5) is 8.78 Å². The highest BCUT2D eigenvalue weighted by atomic mass is 19.3. The molecule has 1 unspecified atom stereocenters. The Balaban J connectivity index is 2.30. The van der Waals surface area contributed by atoms with E-state index in [0.717, 1.165) is 11.1 Å². The molecule has 0 bridgehead atoms. The van der Waals surface area contributed by atoms with Crippen LogP contribution in [-0.4, -0.2) is 19.6 Å². The summed E-state index contributed by atoms with van der Waals surface area (Å²) in [4.78, 5) is 0. The van der Waals surface area contributed by atoms with Gasteiger partial charge in [0, 0.05) is 12.1 Å². The molecule has 1 aliphatic rings. The minimum absolute atomic E-state index is 0.330. The largest absolute Gasteiger partial charge is 0.496 e. The van der Waals surface area contributed by atoms with Crippen molar-refractivity contribution >= 4 is 0 Å². The van der Waals surface area contributed by atoms with Gasteiger partial charge in [-0.2, -0.15) is 0 Å². The highest BCUT2D eigenvalue weighted by Gasteiger charge is 2.27. The van der Waals surface area contributed by atoms with Gasteiger partial charge in [-0.1, -0.05) is 12.1 Å². The second-order valence-electron chi connectivity index (χ2n) is 3.62. The topological polar surface area (TPSA) is 21.3 Å². The van der Waals surface area contributed by atoms with E-state index in [1.54, 1.807) is 7.11 Å². The Morgan fingerprint density at radius 1 is 1.47 bits per heavy atom. The number of ether oxygens (including phenoxy) is 1. The second kappa shape index (κ2) is 4.14. The van der Waals surface area contributed by atoms with Crippen molar-refractivity contribution in [2.24, 2.45) is 0 Å². The lowest BCUT2D eigenvalue weighted by molar-refractivity contribution is 0.0937. The third kappa shape index (κ3) is 1.95. The number of benzene rings is 1. The minimum atomic E-state index is -2.33. The molecule has 1 aromatic rings. The maximum atomic E-state index is 12.5. The van der Waals surface area contributed by atoms with Crippen LogP contribution in [0.25, 0.3) is 0 Å². The molecule has 0 aromatic heterocycles. The molecule has 1 atom stereocenters. The van der Waals surface area contributed by atoms with Crippen molar-refractivity contribution in [1.29, 1.82) is 0 Å². The Morgan fingerprint density at radius 2 is 2.27 bits per heavy atom. The third-order valence-corrected chi connectivity index (χ3v) is 2.73. The average molecular weight is 213 g/mol. The van der Waals surface area contributed by atoms with Crippen LogP contribution in [0.2, 0.25) is 0 Å². The van der Waals surface area contributed by atoms with E-state index in [9.17, 15) is 8.78 Å². The van der Waals surface area contributed by atoms with Crippen LogP contribution < -0.4 is 10.1 Å². The minimum Gasteiger partial charge on any atom is -0.496 e. The van der Waals surface area contributed by atoms with E-state index >= 15 is 0 Å². The Labute approximate surface area is 87.2 Å². The first-order chi connectivity index (χ1) is 7.22. The van der Waals surface area contributed by atoms with Gasteiger partial charge in [-0.15, -0.1) is 0 Å². The van der Waals surface area contributed by atoms with Gasteiger partial charge in [0.1, 0.15) is 5.75 Å². The van der Waals surface area contributed by atoms with Gasteiger partial charge in [0.2, 0.25) is 0 Å². The average Bonchev–Trinajstić information content (AvgIpc) is 2.27. The van der Waals surface area contributed by atoms with Crippen molar-refractivity contribution in [3.8, 4) is 5.75 Å². The highest BCUT2D eigenvalue weighted by Crippen LogP contribution is 2.28. The maximum absolute atomic E-state index is 12.5. The molecule has 0 radical (unpaired) electrons. The van der Waals surface area contributed by atoms with Crippen LogP contribution in [0.3, 0.4) is 0 Å². The summed E-state index contributed by atoms with van der Waals surface area (Å²) >= 11 is 0. The summed E-state index contributed by atoms with van der Waals surface area (Å²) in [7, 11) is 1.56. The van der Waals surface area contributed by atoms with Gasteiger partial charge in [-0.05, 0) is 18.1 Å². The van der Waals surface area contributed by atoms with E-state index in [2.05, 4.69) is 5.32 Å². The summed E-state index contributed by atoms with van der Waals surface area (Å²) < 4.78 is 30.3. The molecular weight excluding hydrogens is 200 g/mol. The molecule has 2 rings (SSSR count). The molecule has 0 aliphatic carbocycles. The molecule has 0 spiro atoms. The lowest BCUT2D eigenvalue weighted by Gasteiger charge is -2.26. The van der Waals surface area contributed by atoms with E-state index in [4.69, 9.17) is 4.74 Å². The first-order valence-corrected chi connectivity index (χ1v) is 4.88. The monoisotopic (exact) mass is 213 g/mol. The molecule has 0 amide bonds. The highest BCUT2D eigenvalue weighted by molar-refractivity contribution is 5.42. The van der Waals surface area contributed by atoms with Gasteiger partial charge in [-0.3, -0.25) is 0 Å². The SMILES string of the molecule is COc1cccc2c1CC(C(F)F)NC2. The van der Waals surface area contributed by atoms with E-state index in [1.165, 1.54) is 0 Å². The van der Waals surface area contributed by atoms with Gasteiger partial charge in [0.25, 0.3) is 6.43 Å². The Morgan fingerprint density at radius 3 is 2.93 bits per heavy atom. The zero-order chi connectivity index (χ0) is 10.8. The Kier molecular flexibility index (Phi) is 2.86. The fourth-order valence-electron chi connectivity index (χ4n) is 1.91. The standard InChI is InChI=1S/C11H13F2NO/c1-15-10-4-2-3-7-6-14-9(11(12)13)5-8(7)10/h2-4,9,11,14H,5-6H2,1H3. The molecule has 82 valence electrons. The van der Waals surface area contributed by atoms with Gasteiger partial charge in [0.05, 0.1) is 13.2 Å². The fourth-order valence-corrected chi connectivity index (χ4v) is 1.91. The number of hydrogen-bond acceptors (Lipinski definition) is 2. The number of hydrogen-bond donors (Lipinski definition) is 1. The fraction of sp³-hybridized carbons (Fsp3) is 0.455. The van der Waals surface area contributed by atoms with Crippen molar-refractivity contribution < 1.29 is 13.5 Å². The lowest BCUT2D eigenvalue weighted by Crippen LogP contribution is -2.40. The van der Waals surface area contributed by atoms with E-state index in [0.29, 0.717) is 18.7 Å². The number of rotatable bonds is 2. The first-order valence-electron chi connectivity index (χ1n) is 4.88. The molecule has 0 fully saturated rings. The first kappa shape index (κ1) is 10.4. The zero-order valence-corrected chi connectivity index (χ0v) is 8.47. The number of halogens is 2. The van der Waals surface area contributed by atoms with Crippen molar-refractivity contribution in [3.63, 3.8) is 0 Å². The quantitative estimate of drug-likeness (QED) is 0.811. The van der Waals surface area contributed by atoms with Gasteiger partial charge >= 0.3 is 0 Å². The van der Waals surface area contributed by atoms with Crippen LogP contribution in [0.1, 0.15) is 11.1 Å². The predicted molar refractivity (Wildman–Crippen MR) is 53.3 cm³/mol. The zero-order valence-electron chi connectivity index (χ0n) is 8.47. The number of fused-ring (bicyclic) bond motifs is 1. The molecule has 1 aromatic carbocycles. The molecular formula is C11H13F2NO. The van der Waals surface area contributed by atoms with Crippen molar-refractivity contribution in [3.05, 3.63) is 29.3 Å². The maximum Gasteiger partial charge on any atom is 0.254 e. The number of nitrogens with one attached hydrogen (secondary N) is 1. The van der Waals surface area contributed by atoms with Crippen molar-refractivity contribution in [2.75, 3.05) is 7.11 Å². The van der Waals surface area contributed by atoms with Crippen LogP contribution in [0.5, 0.6) is 5.75 Å². The van der Waals surface area contributed by atoms with E-state index in [-0.39, 0.29) is 0 Å². The van der Waals surface area contributed by atoms with Crippen molar-refractivity contribution in [2.45, 2.75) is 25.4 Å². The molecule has 0 saturated carbocycles. The van der Waals surface area contributed by atoms with E-state index in [1.807, 2.05) is 18.2 Å². The molecule has 4 heteroatoms. The molecule has 1 aliphatic heterocycles. The van der Waals surface area contributed by atoms with Crippen molar-refractivity contribution in [1.82, 2.24) is 5.32 Å². The lowest BCUT2D eigenvalue weighted by atomic mass is 9.95. The predicted octanol–water partition coefficient (Wildman–Crippen LogP) is 1.97. The Hall–Kier alpha value is -1.16. The molecule has 1 N–H and O–H groups in total. The summed E-state index contributed by atoms with van der Waals surface area (Å²) in [6.45, 7) is 0.488. The summed E-state index contributed by atoms with van der Waals surface area (Å²) in [6.07, 6.45) is -2.00. The number of methoxy groups -OCH3 is 1. The van der Waals surface area contributed by atoms with Crippen LogP contribution in [-0.2, 0) is 13.0 Å². The summed E-state index contributed by atoms with van der Waals surface area (Å²) in [5.74, 6) is 0.708. The van der Waals surface area contributed by atoms with Crippen LogP contribution in [0, 0.1) is 0 Å². The van der Waals surface area contributed by atoms with Crippen LogP contribution >= 0.6 is 0 Å². The number of alkyl halides is 2. The van der Waals surface area contributed by atoms with Gasteiger partial charge in [-0.25, -0.2) is 8.78 Å². The van der Waals surface area contributed by atoms with Crippen LogP contribution in [0.15, 0.2) is 18.2 Å². The van der Waals surface area contributed by atoms with Gasteiger partial charge in [0.15, 0.2) is 0 Å². The normalized spacial score (nSPS) is 20.1. The smallest absolute Gasteiger partial charge is 0.254 e. The molecule has 15 heavy (non-hydrogen) atoms.